The van der Waals surface area contributed by atoms with Gasteiger partial charge in [-0.2, -0.15) is 4.98 Å². The Bertz CT molecular complexity index is 1350. The number of hydrogen-bond donors (Lipinski definition) is 2. The van der Waals surface area contributed by atoms with Crippen molar-refractivity contribution in [1.82, 2.24) is 9.97 Å². The van der Waals surface area contributed by atoms with Crippen LogP contribution in [0.15, 0.2) is 66.7 Å². The van der Waals surface area contributed by atoms with E-state index in [4.69, 9.17) is 9.97 Å². The quantitative estimate of drug-likeness (QED) is 0.336. The number of halogens is 1. The maximum absolute atomic E-state index is 13.1. The highest BCUT2D eigenvalue weighted by Crippen LogP contribution is 2.26. The van der Waals surface area contributed by atoms with Gasteiger partial charge in [0.2, 0.25) is 5.95 Å². The Balaban J connectivity index is 1.31. The van der Waals surface area contributed by atoms with Crippen LogP contribution in [0, 0.1) is 12.7 Å². The third-order valence-corrected chi connectivity index (χ3v) is 6.51. The number of nitrogens with one attached hydrogen (secondary N) is 2. The van der Waals surface area contributed by atoms with Gasteiger partial charge < -0.3 is 15.5 Å². The van der Waals surface area contributed by atoms with Crippen LogP contribution in [0.3, 0.4) is 0 Å². The van der Waals surface area contributed by atoms with Crippen LogP contribution in [0.2, 0.25) is 0 Å². The molecule has 0 spiro atoms. The van der Waals surface area contributed by atoms with E-state index in [0.717, 1.165) is 46.9 Å². The molecule has 0 unspecified atom stereocenters. The van der Waals surface area contributed by atoms with Crippen molar-refractivity contribution in [3.8, 4) is 0 Å². The van der Waals surface area contributed by atoms with Crippen molar-refractivity contribution in [2.75, 3.05) is 28.6 Å². The van der Waals surface area contributed by atoms with E-state index < -0.39 is 0 Å². The molecule has 0 radical (unpaired) electrons. The Labute approximate surface area is 210 Å². The van der Waals surface area contributed by atoms with Gasteiger partial charge in [0, 0.05) is 36.3 Å². The van der Waals surface area contributed by atoms with Gasteiger partial charge >= 0.3 is 0 Å². The van der Waals surface area contributed by atoms with Crippen LogP contribution in [0.5, 0.6) is 0 Å². The zero-order valence-electron chi connectivity index (χ0n) is 20.4. The topological polar surface area (TPSA) is 70.2 Å². The predicted octanol–water partition coefficient (Wildman–Crippen LogP) is 6.32. The van der Waals surface area contributed by atoms with Crippen molar-refractivity contribution in [2.24, 2.45) is 0 Å². The summed E-state index contributed by atoms with van der Waals surface area (Å²) in [5.41, 5.74) is 4.26. The highest BCUT2D eigenvalue weighted by Gasteiger charge is 2.16. The normalized spacial score (nSPS) is 13.9. The number of rotatable bonds is 6. The Morgan fingerprint density at radius 3 is 2.36 bits per heavy atom. The molecule has 1 fully saturated rings. The summed E-state index contributed by atoms with van der Waals surface area (Å²) in [6.45, 7) is 4.64. The van der Waals surface area contributed by atoms with Crippen LogP contribution < -0.4 is 15.5 Å². The number of hydrogen-bond acceptors (Lipinski definition) is 5. The van der Waals surface area contributed by atoms with Crippen molar-refractivity contribution >= 4 is 34.3 Å². The van der Waals surface area contributed by atoms with Gasteiger partial charge in [-0.15, -0.1) is 0 Å². The highest BCUT2D eigenvalue weighted by atomic mass is 19.1. The number of amides is 1. The summed E-state index contributed by atoms with van der Waals surface area (Å²) in [4.78, 5) is 24.5. The average molecular weight is 484 g/mol. The standard InChI is InChI=1S/C29H30FN5O/c1-20-6-15-26-25(18-20)27(34-29(33-26)35-16-4-2-3-5-17-35)31-19-21-7-13-24(14-8-21)32-28(36)22-9-11-23(30)12-10-22/h6-15,18H,2-5,16-17,19H2,1H3,(H,32,36)(H,31,33,34). The molecule has 1 aliphatic heterocycles. The van der Waals surface area contributed by atoms with E-state index in [0.29, 0.717) is 17.8 Å². The van der Waals surface area contributed by atoms with E-state index in [1.54, 1.807) is 0 Å². The van der Waals surface area contributed by atoms with Gasteiger partial charge in [0.05, 0.1) is 5.52 Å². The van der Waals surface area contributed by atoms with Crippen LogP contribution in [-0.4, -0.2) is 29.0 Å². The first-order chi connectivity index (χ1) is 17.5. The number of carbonyl (C=O) groups is 1. The lowest BCUT2D eigenvalue weighted by Gasteiger charge is -2.22. The zero-order valence-corrected chi connectivity index (χ0v) is 20.4. The summed E-state index contributed by atoms with van der Waals surface area (Å²) in [6, 6.07) is 19.4. The molecule has 5 rings (SSSR count). The number of carbonyl (C=O) groups excluding carboxylic acids is 1. The van der Waals surface area contributed by atoms with E-state index >= 15 is 0 Å². The minimum Gasteiger partial charge on any atom is -0.365 e. The zero-order chi connectivity index (χ0) is 24.9. The Kier molecular flexibility index (Phi) is 7.07. The minimum absolute atomic E-state index is 0.273. The molecule has 0 aliphatic carbocycles. The third kappa shape index (κ3) is 5.62. The molecular weight excluding hydrogens is 453 g/mol. The summed E-state index contributed by atoms with van der Waals surface area (Å²) in [7, 11) is 0. The van der Waals surface area contributed by atoms with Gasteiger partial charge in [0.1, 0.15) is 11.6 Å². The van der Waals surface area contributed by atoms with Crippen molar-refractivity contribution in [3.05, 3.63) is 89.2 Å². The molecular formula is C29H30FN5O. The fraction of sp³-hybridized carbons (Fsp3) is 0.276. The lowest BCUT2D eigenvalue weighted by molar-refractivity contribution is 0.102. The second-order valence-corrected chi connectivity index (χ2v) is 9.31. The largest absolute Gasteiger partial charge is 0.365 e. The summed E-state index contributed by atoms with van der Waals surface area (Å²) in [6.07, 6.45) is 4.85. The molecule has 184 valence electrons. The van der Waals surface area contributed by atoms with Crippen LogP contribution in [0.4, 0.5) is 21.8 Å². The minimum atomic E-state index is -0.367. The first-order valence-corrected chi connectivity index (χ1v) is 12.5. The Morgan fingerprint density at radius 1 is 0.917 bits per heavy atom. The van der Waals surface area contributed by atoms with Crippen LogP contribution in [0.1, 0.15) is 47.2 Å². The number of anilines is 3. The van der Waals surface area contributed by atoms with Crippen LogP contribution in [-0.2, 0) is 6.54 Å². The molecule has 3 aromatic carbocycles. The van der Waals surface area contributed by atoms with Gasteiger partial charge in [-0.05, 0) is 73.9 Å². The van der Waals surface area contributed by atoms with Crippen molar-refractivity contribution in [2.45, 2.75) is 39.2 Å². The lowest BCUT2D eigenvalue weighted by atomic mass is 10.1. The smallest absolute Gasteiger partial charge is 0.255 e. The van der Waals surface area contributed by atoms with Gasteiger partial charge in [0.15, 0.2) is 0 Å². The molecule has 1 aromatic heterocycles. The van der Waals surface area contributed by atoms with Crippen LogP contribution >= 0.6 is 0 Å². The molecule has 1 saturated heterocycles. The molecule has 36 heavy (non-hydrogen) atoms. The molecule has 2 N–H and O–H groups in total. The van der Waals surface area contributed by atoms with E-state index in [9.17, 15) is 9.18 Å². The number of benzene rings is 3. The fourth-order valence-corrected chi connectivity index (χ4v) is 4.47. The molecule has 4 aromatic rings. The molecule has 0 saturated carbocycles. The predicted molar refractivity (Wildman–Crippen MR) is 143 cm³/mol. The van der Waals surface area contributed by atoms with Crippen molar-refractivity contribution in [3.63, 3.8) is 0 Å². The van der Waals surface area contributed by atoms with E-state index in [2.05, 4.69) is 40.7 Å². The average Bonchev–Trinajstić information content (AvgIpc) is 3.18. The molecule has 1 aliphatic rings. The first-order valence-electron chi connectivity index (χ1n) is 12.5. The number of nitrogens with zero attached hydrogens (tertiary/aromatic N) is 3. The molecule has 7 heteroatoms. The molecule has 0 bridgehead atoms. The first kappa shape index (κ1) is 23.7. The lowest BCUT2D eigenvalue weighted by Crippen LogP contribution is -2.26. The Morgan fingerprint density at radius 2 is 1.64 bits per heavy atom. The maximum Gasteiger partial charge on any atom is 0.255 e. The second kappa shape index (κ2) is 10.7. The van der Waals surface area contributed by atoms with E-state index in [1.807, 2.05) is 24.3 Å². The van der Waals surface area contributed by atoms with Gasteiger partial charge in [-0.3, -0.25) is 4.79 Å². The summed E-state index contributed by atoms with van der Waals surface area (Å²) < 4.78 is 13.1. The van der Waals surface area contributed by atoms with Crippen molar-refractivity contribution in [1.29, 1.82) is 0 Å². The number of aryl methyl sites for hydroxylation is 1. The van der Waals surface area contributed by atoms with E-state index in [1.165, 1.54) is 49.9 Å². The Hall–Kier alpha value is -4.00. The van der Waals surface area contributed by atoms with Crippen LogP contribution in [0.25, 0.3) is 10.9 Å². The summed E-state index contributed by atoms with van der Waals surface area (Å²) in [5.74, 6) is 0.976. The molecule has 2 heterocycles. The SMILES string of the molecule is Cc1ccc2nc(N3CCCCCC3)nc(NCc3ccc(NC(=O)c4ccc(F)cc4)cc3)c2c1. The molecule has 0 atom stereocenters. The second-order valence-electron chi connectivity index (χ2n) is 9.31. The molecule has 1 amide bonds. The number of fused-ring (bicyclic) bond motifs is 1. The monoisotopic (exact) mass is 483 g/mol. The number of aromatic nitrogens is 2. The van der Waals surface area contributed by atoms with Gasteiger partial charge in [-0.1, -0.05) is 36.6 Å². The van der Waals surface area contributed by atoms with E-state index in [-0.39, 0.29) is 11.7 Å². The summed E-state index contributed by atoms with van der Waals surface area (Å²) in [5, 5.41) is 7.38. The van der Waals surface area contributed by atoms with Gasteiger partial charge in [-0.25, -0.2) is 9.37 Å². The third-order valence-electron chi connectivity index (χ3n) is 6.51. The van der Waals surface area contributed by atoms with Crippen molar-refractivity contribution < 1.29 is 9.18 Å². The maximum atomic E-state index is 13.1. The molecule has 6 nitrogen and oxygen atoms in total. The summed E-state index contributed by atoms with van der Waals surface area (Å²) >= 11 is 0. The highest BCUT2D eigenvalue weighted by molar-refractivity contribution is 6.04. The van der Waals surface area contributed by atoms with Gasteiger partial charge in [0.25, 0.3) is 5.91 Å². The fourth-order valence-electron chi connectivity index (χ4n) is 4.47.